The van der Waals surface area contributed by atoms with Crippen molar-refractivity contribution in [1.82, 2.24) is 19.3 Å². The van der Waals surface area contributed by atoms with Gasteiger partial charge in [0.05, 0.1) is 33.7 Å². The number of nitrogens with one attached hydrogen (secondary N) is 1. The number of nitrogens with zero attached hydrogens (tertiary/aromatic N) is 4. The third kappa shape index (κ3) is 3.84. The molecule has 1 fully saturated rings. The summed E-state index contributed by atoms with van der Waals surface area (Å²) >= 11 is 0. The summed E-state index contributed by atoms with van der Waals surface area (Å²) in [5, 5.41) is 7.34. The molecule has 0 atom stereocenters. The van der Waals surface area contributed by atoms with Crippen molar-refractivity contribution in [3.63, 3.8) is 0 Å². The van der Waals surface area contributed by atoms with Gasteiger partial charge >= 0.3 is 0 Å². The second kappa shape index (κ2) is 8.65. The van der Waals surface area contributed by atoms with E-state index in [9.17, 15) is 9.59 Å². The van der Waals surface area contributed by atoms with Gasteiger partial charge < -0.3 is 4.57 Å². The Morgan fingerprint density at radius 1 is 0.939 bits per heavy atom. The molecule has 0 radical (unpaired) electrons. The van der Waals surface area contributed by atoms with E-state index in [0.717, 1.165) is 42.4 Å². The molecule has 2 aromatic heterocycles. The summed E-state index contributed by atoms with van der Waals surface area (Å²) in [5.41, 5.74) is 4.14. The van der Waals surface area contributed by atoms with Gasteiger partial charge in [0, 0.05) is 6.04 Å². The van der Waals surface area contributed by atoms with E-state index in [2.05, 4.69) is 20.0 Å². The minimum absolute atomic E-state index is 0.265. The molecule has 0 saturated heterocycles. The van der Waals surface area contributed by atoms with Crippen LogP contribution in [-0.2, 0) is 4.79 Å². The molecule has 1 amide bonds. The van der Waals surface area contributed by atoms with Crippen LogP contribution in [0.25, 0.3) is 16.7 Å². The van der Waals surface area contributed by atoms with E-state index in [1.165, 1.54) is 6.42 Å². The topological polar surface area (TPSA) is 81.8 Å². The highest BCUT2D eigenvalue weighted by molar-refractivity contribution is 6.47. The number of aryl methyl sites for hydroxylation is 1. The number of para-hydroxylation sites is 3. The number of benzene rings is 2. The van der Waals surface area contributed by atoms with Crippen LogP contribution in [0.4, 0.5) is 5.95 Å². The van der Waals surface area contributed by atoms with Crippen molar-refractivity contribution in [3.8, 4) is 5.69 Å². The van der Waals surface area contributed by atoms with Gasteiger partial charge in [-0.2, -0.15) is 5.10 Å². The number of hydrogen-bond donors (Lipinski definition) is 1. The second-order valence-corrected chi connectivity index (χ2v) is 8.66. The SMILES string of the molecule is Cc1nn(-c2ccccc2)c(C)c1C(=O)C(=O)Nc1nc2ccccc2n1C1CCCCC1. The molecular weight excluding hydrogens is 414 g/mol. The van der Waals surface area contributed by atoms with E-state index in [1.54, 1.807) is 11.6 Å². The van der Waals surface area contributed by atoms with Gasteiger partial charge in [-0.3, -0.25) is 14.9 Å². The molecule has 0 aliphatic heterocycles. The molecule has 2 aromatic carbocycles. The lowest BCUT2D eigenvalue weighted by atomic mass is 9.95. The molecule has 0 spiro atoms. The third-order valence-electron chi connectivity index (χ3n) is 6.49. The Balaban J connectivity index is 1.47. The summed E-state index contributed by atoms with van der Waals surface area (Å²) in [6, 6.07) is 17.7. The van der Waals surface area contributed by atoms with E-state index < -0.39 is 11.7 Å². The predicted octanol–water partition coefficient (Wildman–Crippen LogP) is 5.17. The lowest BCUT2D eigenvalue weighted by Crippen LogP contribution is -2.27. The Labute approximate surface area is 192 Å². The molecule has 168 valence electrons. The van der Waals surface area contributed by atoms with Crippen LogP contribution in [0, 0.1) is 13.8 Å². The molecule has 1 aliphatic rings. The average molecular weight is 442 g/mol. The normalized spacial score (nSPS) is 14.5. The maximum Gasteiger partial charge on any atom is 0.299 e. The maximum absolute atomic E-state index is 13.2. The summed E-state index contributed by atoms with van der Waals surface area (Å²) in [4.78, 5) is 31.0. The molecule has 4 aromatic rings. The van der Waals surface area contributed by atoms with Gasteiger partial charge in [0.2, 0.25) is 5.95 Å². The number of carbonyl (C=O) groups excluding carboxylic acids is 2. The number of aromatic nitrogens is 4. The predicted molar refractivity (Wildman–Crippen MR) is 128 cm³/mol. The van der Waals surface area contributed by atoms with Crippen LogP contribution in [0.3, 0.4) is 0 Å². The molecule has 1 aliphatic carbocycles. The molecule has 7 nitrogen and oxygen atoms in total. The largest absolute Gasteiger partial charge is 0.307 e. The van der Waals surface area contributed by atoms with E-state index >= 15 is 0 Å². The second-order valence-electron chi connectivity index (χ2n) is 8.66. The molecule has 7 heteroatoms. The minimum atomic E-state index is -0.693. The first-order valence-electron chi connectivity index (χ1n) is 11.5. The van der Waals surface area contributed by atoms with Crippen molar-refractivity contribution >= 4 is 28.7 Å². The Bertz CT molecular complexity index is 1330. The van der Waals surface area contributed by atoms with Gasteiger partial charge in [-0.15, -0.1) is 0 Å². The zero-order valence-electron chi connectivity index (χ0n) is 18.9. The number of amides is 1. The molecule has 33 heavy (non-hydrogen) atoms. The van der Waals surface area contributed by atoms with E-state index in [4.69, 9.17) is 0 Å². The molecule has 0 unspecified atom stereocenters. The van der Waals surface area contributed by atoms with Crippen molar-refractivity contribution in [2.24, 2.45) is 0 Å². The summed E-state index contributed by atoms with van der Waals surface area (Å²) in [7, 11) is 0. The fourth-order valence-electron chi connectivity index (χ4n) is 4.91. The number of imidazole rings is 1. The highest BCUT2D eigenvalue weighted by Crippen LogP contribution is 2.34. The van der Waals surface area contributed by atoms with Crippen LogP contribution in [0.15, 0.2) is 54.6 Å². The van der Waals surface area contributed by atoms with Crippen molar-refractivity contribution in [1.29, 1.82) is 0 Å². The highest BCUT2D eigenvalue weighted by atomic mass is 16.2. The van der Waals surface area contributed by atoms with E-state index in [-0.39, 0.29) is 6.04 Å². The number of fused-ring (bicyclic) bond motifs is 1. The fourth-order valence-corrected chi connectivity index (χ4v) is 4.91. The van der Waals surface area contributed by atoms with Crippen molar-refractivity contribution < 1.29 is 9.59 Å². The average Bonchev–Trinajstić information content (AvgIpc) is 3.35. The summed E-state index contributed by atoms with van der Waals surface area (Å²) in [6.45, 7) is 3.56. The molecule has 1 saturated carbocycles. The minimum Gasteiger partial charge on any atom is -0.307 e. The van der Waals surface area contributed by atoms with E-state index in [1.807, 2.05) is 61.5 Å². The molecule has 5 rings (SSSR count). The van der Waals surface area contributed by atoms with Crippen molar-refractivity contribution in [2.45, 2.75) is 52.0 Å². The van der Waals surface area contributed by atoms with Gasteiger partial charge in [-0.05, 0) is 51.0 Å². The lowest BCUT2D eigenvalue weighted by molar-refractivity contribution is -0.112. The van der Waals surface area contributed by atoms with Crippen LogP contribution < -0.4 is 5.32 Å². The summed E-state index contributed by atoms with van der Waals surface area (Å²) < 4.78 is 3.81. The van der Waals surface area contributed by atoms with Gasteiger partial charge in [0.25, 0.3) is 11.7 Å². The highest BCUT2D eigenvalue weighted by Gasteiger charge is 2.28. The smallest absolute Gasteiger partial charge is 0.299 e. The number of anilines is 1. The number of carbonyl (C=O) groups is 2. The Morgan fingerprint density at radius 3 is 2.39 bits per heavy atom. The van der Waals surface area contributed by atoms with Gasteiger partial charge in [0.15, 0.2) is 0 Å². The number of rotatable bonds is 5. The zero-order chi connectivity index (χ0) is 22.9. The molecular formula is C26H27N5O2. The first-order valence-corrected chi connectivity index (χ1v) is 11.5. The Kier molecular flexibility index (Phi) is 5.54. The quantitative estimate of drug-likeness (QED) is 0.342. The fraction of sp³-hybridized carbons (Fsp3) is 0.308. The maximum atomic E-state index is 13.2. The van der Waals surface area contributed by atoms with Gasteiger partial charge in [-0.25, -0.2) is 9.67 Å². The summed E-state index contributed by atoms with van der Waals surface area (Å²) in [5.74, 6) is -0.859. The number of ketones is 1. The van der Waals surface area contributed by atoms with Crippen LogP contribution >= 0.6 is 0 Å². The summed E-state index contributed by atoms with van der Waals surface area (Å²) in [6.07, 6.45) is 5.62. The van der Waals surface area contributed by atoms with Crippen LogP contribution in [0.2, 0.25) is 0 Å². The molecule has 2 heterocycles. The first-order chi connectivity index (χ1) is 16.0. The lowest BCUT2D eigenvalue weighted by Gasteiger charge is -2.25. The number of hydrogen-bond acceptors (Lipinski definition) is 4. The van der Waals surface area contributed by atoms with Gasteiger partial charge in [0.1, 0.15) is 0 Å². The van der Waals surface area contributed by atoms with E-state index in [0.29, 0.717) is 22.9 Å². The third-order valence-corrected chi connectivity index (χ3v) is 6.49. The zero-order valence-corrected chi connectivity index (χ0v) is 18.9. The Hall–Kier alpha value is -3.74. The number of Topliss-reactive ketones (excluding diaryl/α,β-unsaturated/α-hetero) is 1. The van der Waals surface area contributed by atoms with Crippen LogP contribution in [0.5, 0.6) is 0 Å². The monoisotopic (exact) mass is 441 g/mol. The van der Waals surface area contributed by atoms with Crippen LogP contribution in [0.1, 0.15) is 59.9 Å². The Morgan fingerprint density at radius 2 is 1.64 bits per heavy atom. The van der Waals surface area contributed by atoms with Crippen LogP contribution in [-0.4, -0.2) is 31.0 Å². The van der Waals surface area contributed by atoms with Crippen molar-refractivity contribution in [2.75, 3.05) is 5.32 Å². The molecule has 1 N–H and O–H groups in total. The van der Waals surface area contributed by atoms with Gasteiger partial charge in [-0.1, -0.05) is 49.6 Å². The first kappa shape index (κ1) is 21.1. The molecule has 0 bridgehead atoms. The van der Waals surface area contributed by atoms with Crippen molar-refractivity contribution in [3.05, 3.63) is 71.5 Å². The standard InChI is InChI=1S/C26H27N5O2/c1-17-23(18(2)31(29-17)20-13-7-4-8-14-20)24(32)25(33)28-26-27-21-15-9-10-16-22(21)30(26)19-11-5-3-6-12-19/h4,7-10,13-16,19H,3,5-6,11-12H2,1-2H3,(H,27,28,33).